The summed E-state index contributed by atoms with van der Waals surface area (Å²) in [6.07, 6.45) is 0. The average Bonchev–Trinajstić information content (AvgIpc) is 2.02. The molecule has 0 saturated heterocycles. The molecule has 1 aromatic rings. The fourth-order valence-electron chi connectivity index (χ4n) is 1.95. The second-order valence-electron chi connectivity index (χ2n) is 5.00. The predicted octanol–water partition coefficient (Wildman–Crippen LogP) is 3.30. The van der Waals surface area contributed by atoms with Gasteiger partial charge in [0, 0.05) is 6.04 Å². The van der Waals surface area contributed by atoms with Gasteiger partial charge in [-0.15, -0.1) is 0 Å². The first-order valence-corrected chi connectivity index (χ1v) is 5.19. The maximum Gasteiger partial charge on any atom is 0.0366 e. The Morgan fingerprint density at radius 2 is 1.86 bits per heavy atom. The quantitative estimate of drug-likeness (QED) is 0.756. The molecule has 78 valence electrons. The van der Waals surface area contributed by atoms with E-state index in [-0.39, 0.29) is 5.41 Å². The molecule has 0 fully saturated rings. The van der Waals surface area contributed by atoms with Gasteiger partial charge in [-0.25, -0.2) is 0 Å². The van der Waals surface area contributed by atoms with Gasteiger partial charge in [0.15, 0.2) is 0 Å². The van der Waals surface area contributed by atoms with Gasteiger partial charge in [0.2, 0.25) is 0 Å². The summed E-state index contributed by atoms with van der Waals surface area (Å²) < 4.78 is 0. The van der Waals surface area contributed by atoms with E-state index >= 15 is 0 Å². The van der Waals surface area contributed by atoms with Gasteiger partial charge in [0.1, 0.15) is 0 Å². The topological polar surface area (TPSA) is 12.0 Å². The van der Waals surface area contributed by atoms with Crippen LogP contribution in [0, 0.1) is 12.3 Å². The second kappa shape index (κ2) is 4.14. The van der Waals surface area contributed by atoms with Gasteiger partial charge < -0.3 is 5.32 Å². The van der Waals surface area contributed by atoms with Crippen molar-refractivity contribution in [3.05, 3.63) is 35.4 Å². The molecule has 0 saturated carbocycles. The molecule has 1 aromatic carbocycles. The van der Waals surface area contributed by atoms with Crippen molar-refractivity contribution in [3.63, 3.8) is 0 Å². The highest BCUT2D eigenvalue weighted by Crippen LogP contribution is 2.32. The Morgan fingerprint density at radius 3 is 2.29 bits per heavy atom. The molecule has 0 spiro atoms. The molecule has 0 bridgehead atoms. The minimum Gasteiger partial charge on any atom is -0.313 e. The highest BCUT2D eigenvalue weighted by Gasteiger charge is 2.24. The summed E-state index contributed by atoms with van der Waals surface area (Å²) >= 11 is 0. The maximum atomic E-state index is 3.39. The zero-order valence-corrected chi connectivity index (χ0v) is 9.89. The van der Waals surface area contributed by atoms with Crippen molar-refractivity contribution in [1.82, 2.24) is 5.32 Å². The van der Waals surface area contributed by atoms with Crippen LogP contribution in [-0.2, 0) is 0 Å². The molecule has 1 atom stereocenters. The molecule has 0 aliphatic heterocycles. The molecule has 14 heavy (non-hydrogen) atoms. The van der Waals surface area contributed by atoms with E-state index in [1.165, 1.54) is 11.1 Å². The monoisotopic (exact) mass is 191 g/mol. The van der Waals surface area contributed by atoms with E-state index in [0.29, 0.717) is 6.04 Å². The van der Waals surface area contributed by atoms with Gasteiger partial charge in [0.25, 0.3) is 0 Å². The lowest BCUT2D eigenvalue weighted by Crippen LogP contribution is -2.29. The predicted molar refractivity (Wildman–Crippen MR) is 62.4 cm³/mol. The average molecular weight is 191 g/mol. The van der Waals surface area contributed by atoms with Gasteiger partial charge in [-0.3, -0.25) is 0 Å². The first-order valence-electron chi connectivity index (χ1n) is 5.19. The maximum absolute atomic E-state index is 3.39. The van der Waals surface area contributed by atoms with Crippen LogP contribution in [0.15, 0.2) is 24.3 Å². The molecule has 0 aliphatic rings. The molecule has 1 heteroatoms. The van der Waals surface area contributed by atoms with Gasteiger partial charge in [-0.1, -0.05) is 50.6 Å². The highest BCUT2D eigenvalue weighted by atomic mass is 14.9. The summed E-state index contributed by atoms with van der Waals surface area (Å²) in [4.78, 5) is 0. The van der Waals surface area contributed by atoms with Crippen molar-refractivity contribution in [1.29, 1.82) is 0 Å². The normalized spacial score (nSPS) is 14.1. The summed E-state index contributed by atoms with van der Waals surface area (Å²) in [5, 5.41) is 3.39. The van der Waals surface area contributed by atoms with E-state index in [1.54, 1.807) is 0 Å². The zero-order valence-electron chi connectivity index (χ0n) is 9.89. The molecular formula is C13H21N. The molecule has 0 aliphatic carbocycles. The van der Waals surface area contributed by atoms with E-state index in [9.17, 15) is 0 Å². The number of benzene rings is 1. The molecule has 0 aromatic heterocycles. The van der Waals surface area contributed by atoms with Crippen LogP contribution in [0.25, 0.3) is 0 Å². The highest BCUT2D eigenvalue weighted by molar-refractivity contribution is 5.26. The number of hydrogen-bond acceptors (Lipinski definition) is 1. The first kappa shape index (κ1) is 11.3. The van der Waals surface area contributed by atoms with Crippen LogP contribution in [0.5, 0.6) is 0 Å². The van der Waals surface area contributed by atoms with E-state index in [4.69, 9.17) is 0 Å². The van der Waals surface area contributed by atoms with Gasteiger partial charge >= 0.3 is 0 Å². The molecule has 0 amide bonds. The summed E-state index contributed by atoms with van der Waals surface area (Å²) in [7, 11) is 2.03. The van der Waals surface area contributed by atoms with Crippen molar-refractivity contribution in [2.45, 2.75) is 33.7 Å². The fourth-order valence-corrected chi connectivity index (χ4v) is 1.95. The van der Waals surface area contributed by atoms with E-state index in [1.807, 2.05) is 7.05 Å². The van der Waals surface area contributed by atoms with E-state index in [2.05, 4.69) is 57.3 Å². The minimum atomic E-state index is 0.253. The number of aryl methyl sites for hydroxylation is 1. The SMILES string of the molecule is CNC(c1cccc(C)c1)C(C)(C)C. The Bertz CT molecular complexity index is 296. The lowest BCUT2D eigenvalue weighted by molar-refractivity contribution is 0.287. The number of rotatable bonds is 2. The minimum absolute atomic E-state index is 0.253. The number of nitrogens with one attached hydrogen (secondary N) is 1. The summed E-state index contributed by atoms with van der Waals surface area (Å²) in [5.74, 6) is 0. The van der Waals surface area contributed by atoms with Crippen LogP contribution < -0.4 is 5.32 Å². The summed E-state index contributed by atoms with van der Waals surface area (Å²) in [6.45, 7) is 8.92. The smallest absolute Gasteiger partial charge is 0.0366 e. The summed E-state index contributed by atoms with van der Waals surface area (Å²) in [6, 6.07) is 9.13. The Kier molecular flexibility index (Phi) is 3.33. The van der Waals surface area contributed by atoms with Gasteiger partial charge in [-0.05, 0) is 24.9 Å². The van der Waals surface area contributed by atoms with Crippen LogP contribution in [0.3, 0.4) is 0 Å². The Hall–Kier alpha value is -0.820. The van der Waals surface area contributed by atoms with Crippen LogP contribution >= 0.6 is 0 Å². The van der Waals surface area contributed by atoms with Crippen molar-refractivity contribution in [2.75, 3.05) is 7.05 Å². The third-order valence-electron chi connectivity index (χ3n) is 2.53. The summed E-state index contributed by atoms with van der Waals surface area (Å²) in [5.41, 5.74) is 2.95. The largest absolute Gasteiger partial charge is 0.313 e. The van der Waals surface area contributed by atoms with Crippen LogP contribution in [0.1, 0.15) is 37.9 Å². The van der Waals surface area contributed by atoms with Crippen LogP contribution in [-0.4, -0.2) is 7.05 Å². The molecule has 1 N–H and O–H groups in total. The van der Waals surface area contributed by atoms with Crippen molar-refractivity contribution >= 4 is 0 Å². The van der Waals surface area contributed by atoms with E-state index < -0.39 is 0 Å². The Labute approximate surface area is 87.5 Å². The third-order valence-corrected chi connectivity index (χ3v) is 2.53. The standard InChI is InChI=1S/C13H21N/c1-10-7-6-8-11(9-10)12(14-5)13(2,3)4/h6-9,12,14H,1-5H3. The Morgan fingerprint density at radius 1 is 1.21 bits per heavy atom. The van der Waals surface area contributed by atoms with Gasteiger partial charge in [0.05, 0.1) is 0 Å². The fraction of sp³-hybridized carbons (Fsp3) is 0.538. The lowest BCUT2D eigenvalue weighted by Gasteiger charge is -2.31. The van der Waals surface area contributed by atoms with Crippen molar-refractivity contribution in [3.8, 4) is 0 Å². The Balaban J connectivity index is 3.01. The molecule has 0 heterocycles. The third kappa shape index (κ3) is 2.58. The second-order valence-corrected chi connectivity index (χ2v) is 5.00. The zero-order chi connectivity index (χ0) is 10.8. The number of hydrogen-bond donors (Lipinski definition) is 1. The molecule has 1 rings (SSSR count). The van der Waals surface area contributed by atoms with Gasteiger partial charge in [-0.2, -0.15) is 0 Å². The lowest BCUT2D eigenvalue weighted by atomic mass is 9.82. The van der Waals surface area contributed by atoms with Crippen LogP contribution in [0.2, 0.25) is 0 Å². The van der Waals surface area contributed by atoms with Crippen LogP contribution in [0.4, 0.5) is 0 Å². The van der Waals surface area contributed by atoms with Crippen molar-refractivity contribution in [2.24, 2.45) is 5.41 Å². The molecule has 1 unspecified atom stereocenters. The van der Waals surface area contributed by atoms with E-state index in [0.717, 1.165) is 0 Å². The van der Waals surface area contributed by atoms with Crippen molar-refractivity contribution < 1.29 is 0 Å². The molecular weight excluding hydrogens is 170 g/mol. The molecule has 1 nitrogen and oxygen atoms in total. The molecule has 0 radical (unpaired) electrons. The first-order chi connectivity index (χ1) is 6.45.